The number of benzene rings is 1. The van der Waals surface area contributed by atoms with Crippen molar-refractivity contribution in [1.82, 2.24) is 10.2 Å². The highest BCUT2D eigenvalue weighted by Gasteiger charge is 2.35. The Bertz CT molecular complexity index is 676. The van der Waals surface area contributed by atoms with Gasteiger partial charge in [0.25, 0.3) is 0 Å². The number of hydrogen-bond donors (Lipinski definition) is 1. The fraction of sp³-hybridized carbons (Fsp3) is 0.500. The van der Waals surface area contributed by atoms with E-state index < -0.39 is 11.7 Å². The molecule has 2 unspecified atom stereocenters. The van der Waals surface area contributed by atoms with Gasteiger partial charge >= 0.3 is 6.18 Å². The van der Waals surface area contributed by atoms with Gasteiger partial charge in [-0.25, -0.2) is 0 Å². The number of rotatable bonds is 4. The number of nitrogens with one attached hydrogen (secondary N) is 1. The topological polar surface area (TPSA) is 15.3 Å². The minimum absolute atomic E-state index is 0.178. The van der Waals surface area contributed by atoms with Crippen LogP contribution in [0, 0.1) is 0 Å². The highest BCUT2D eigenvalue weighted by molar-refractivity contribution is 5.43. The Balaban J connectivity index is 1.82. The Kier molecular flexibility index (Phi) is 5.35. The van der Waals surface area contributed by atoms with Crippen molar-refractivity contribution in [1.29, 1.82) is 0 Å². The number of fused-ring (bicyclic) bond motifs is 1. The number of nitrogens with zero attached hydrogens (tertiary/aromatic N) is 1. The fourth-order valence-corrected chi connectivity index (χ4v) is 4.09. The molecule has 1 aromatic rings. The number of halogens is 3. The van der Waals surface area contributed by atoms with E-state index in [1.807, 2.05) is 14.1 Å². The van der Waals surface area contributed by atoms with Crippen molar-refractivity contribution in [3.05, 3.63) is 58.7 Å². The van der Waals surface area contributed by atoms with Crippen LogP contribution in [0.2, 0.25) is 0 Å². The third-order valence-corrected chi connectivity index (χ3v) is 5.31. The Labute approximate surface area is 147 Å². The summed E-state index contributed by atoms with van der Waals surface area (Å²) in [6.07, 6.45) is 4.28. The van der Waals surface area contributed by atoms with Crippen LogP contribution in [0.5, 0.6) is 0 Å². The van der Waals surface area contributed by atoms with Crippen LogP contribution in [0.4, 0.5) is 13.2 Å². The van der Waals surface area contributed by atoms with E-state index >= 15 is 0 Å². The monoisotopic (exact) mass is 350 g/mol. The van der Waals surface area contributed by atoms with Crippen molar-refractivity contribution in [2.24, 2.45) is 0 Å². The highest BCUT2D eigenvalue weighted by atomic mass is 19.4. The van der Waals surface area contributed by atoms with Crippen LogP contribution in [0.3, 0.4) is 0 Å². The molecule has 136 valence electrons. The first-order valence-electron chi connectivity index (χ1n) is 8.85. The van der Waals surface area contributed by atoms with Crippen molar-refractivity contribution in [2.45, 2.75) is 50.5 Å². The third kappa shape index (κ3) is 3.82. The minimum Gasteiger partial charge on any atom is -0.313 e. The van der Waals surface area contributed by atoms with Crippen LogP contribution < -0.4 is 5.32 Å². The molecule has 2 aliphatic carbocycles. The molecule has 2 atom stereocenters. The average molecular weight is 350 g/mol. The highest BCUT2D eigenvalue weighted by Crippen LogP contribution is 2.37. The van der Waals surface area contributed by atoms with Gasteiger partial charge in [0.15, 0.2) is 0 Å². The second kappa shape index (κ2) is 7.34. The van der Waals surface area contributed by atoms with E-state index in [1.165, 1.54) is 23.3 Å². The maximum atomic E-state index is 13.3. The van der Waals surface area contributed by atoms with Crippen LogP contribution in [0.1, 0.15) is 36.8 Å². The van der Waals surface area contributed by atoms with E-state index in [4.69, 9.17) is 0 Å². The molecule has 0 aromatic heterocycles. The summed E-state index contributed by atoms with van der Waals surface area (Å²) in [4.78, 5) is 2.07. The molecule has 0 radical (unpaired) electrons. The lowest BCUT2D eigenvalue weighted by Crippen LogP contribution is -2.43. The molecular formula is C20H25F3N2. The van der Waals surface area contributed by atoms with Crippen molar-refractivity contribution in [3.63, 3.8) is 0 Å². The molecule has 3 rings (SSSR count). The molecule has 2 aliphatic rings. The maximum absolute atomic E-state index is 13.3. The smallest absolute Gasteiger partial charge is 0.313 e. The zero-order chi connectivity index (χ0) is 18.0. The summed E-state index contributed by atoms with van der Waals surface area (Å²) in [6, 6.07) is 6.43. The van der Waals surface area contributed by atoms with E-state index in [1.54, 1.807) is 12.1 Å². The lowest BCUT2D eigenvalue weighted by molar-refractivity contribution is -0.138. The van der Waals surface area contributed by atoms with Gasteiger partial charge in [-0.1, -0.05) is 30.4 Å². The lowest BCUT2D eigenvalue weighted by atomic mass is 9.78. The number of allylic oxidation sites excluding steroid dienone is 2. The molecule has 1 saturated carbocycles. The lowest BCUT2D eigenvalue weighted by Gasteiger charge is -2.40. The van der Waals surface area contributed by atoms with Gasteiger partial charge in [0, 0.05) is 18.6 Å². The summed E-state index contributed by atoms with van der Waals surface area (Å²) in [5, 5.41) is 3.36. The molecule has 25 heavy (non-hydrogen) atoms. The second-order valence-corrected chi connectivity index (χ2v) is 6.90. The molecule has 0 saturated heterocycles. The molecule has 1 aromatic carbocycles. The molecule has 1 N–H and O–H groups in total. The van der Waals surface area contributed by atoms with Gasteiger partial charge < -0.3 is 5.32 Å². The summed E-state index contributed by atoms with van der Waals surface area (Å²) in [5.74, 6) is 0. The van der Waals surface area contributed by atoms with Crippen molar-refractivity contribution < 1.29 is 13.2 Å². The van der Waals surface area contributed by atoms with Gasteiger partial charge in [0.1, 0.15) is 0 Å². The molecule has 1 fully saturated rings. The van der Waals surface area contributed by atoms with Gasteiger partial charge in [-0.05, 0) is 62.6 Å². The van der Waals surface area contributed by atoms with Crippen molar-refractivity contribution in [2.75, 3.05) is 14.1 Å². The number of alkyl halides is 3. The van der Waals surface area contributed by atoms with E-state index in [-0.39, 0.29) is 6.04 Å². The molecule has 5 heteroatoms. The van der Waals surface area contributed by atoms with Crippen LogP contribution in [0.15, 0.2) is 47.6 Å². The number of likely N-dealkylation sites (N-methyl/N-ethyl adjacent to an activating group) is 2. The first-order chi connectivity index (χ1) is 11.9. The quantitative estimate of drug-likeness (QED) is 0.858. The van der Waals surface area contributed by atoms with Gasteiger partial charge in [-0.2, -0.15) is 13.2 Å². The van der Waals surface area contributed by atoms with Crippen LogP contribution in [0.25, 0.3) is 0 Å². The Morgan fingerprint density at radius 2 is 1.76 bits per heavy atom. The predicted octanol–water partition coefficient (Wildman–Crippen LogP) is 4.53. The minimum atomic E-state index is -4.31. The SMILES string of the molecule is CNC1CCC(N(C)Cc2ccccc2C(F)(F)F)C2=CCCC=C21. The average Bonchev–Trinajstić information content (AvgIpc) is 2.60. The van der Waals surface area contributed by atoms with Gasteiger partial charge in [-0.15, -0.1) is 0 Å². The standard InChI is InChI=1S/C20H25F3N2/c1-24-18-11-12-19(16-9-5-4-8-15(16)18)25(2)13-14-7-3-6-10-17(14)20(21,22)23/h3,6-10,18-19,24H,4-5,11-13H2,1-2H3. The Morgan fingerprint density at radius 1 is 1.08 bits per heavy atom. The van der Waals surface area contributed by atoms with E-state index in [0.717, 1.165) is 25.7 Å². The summed E-state index contributed by atoms with van der Waals surface area (Å²) in [5.41, 5.74) is 2.44. The third-order valence-electron chi connectivity index (χ3n) is 5.31. The molecule has 0 aliphatic heterocycles. The van der Waals surface area contributed by atoms with E-state index in [2.05, 4.69) is 22.4 Å². The van der Waals surface area contributed by atoms with Crippen LogP contribution >= 0.6 is 0 Å². The first-order valence-corrected chi connectivity index (χ1v) is 8.85. The summed E-state index contributed by atoms with van der Waals surface area (Å²) < 4.78 is 39.8. The molecular weight excluding hydrogens is 325 g/mol. The molecule has 0 spiro atoms. The predicted molar refractivity (Wildman–Crippen MR) is 94.2 cm³/mol. The summed E-state index contributed by atoms with van der Waals surface area (Å²) >= 11 is 0. The zero-order valence-corrected chi connectivity index (χ0v) is 14.7. The normalized spacial score (nSPS) is 23.9. The van der Waals surface area contributed by atoms with Crippen molar-refractivity contribution in [3.8, 4) is 0 Å². The fourth-order valence-electron chi connectivity index (χ4n) is 4.09. The molecule has 2 nitrogen and oxygen atoms in total. The van der Waals surface area contributed by atoms with Crippen molar-refractivity contribution >= 4 is 0 Å². The first kappa shape index (κ1) is 18.2. The maximum Gasteiger partial charge on any atom is 0.416 e. The van der Waals surface area contributed by atoms with Crippen LogP contribution in [-0.4, -0.2) is 31.1 Å². The van der Waals surface area contributed by atoms with E-state index in [9.17, 15) is 13.2 Å². The molecule has 0 bridgehead atoms. The largest absolute Gasteiger partial charge is 0.416 e. The van der Waals surface area contributed by atoms with Gasteiger partial charge in [0.05, 0.1) is 5.56 Å². The zero-order valence-electron chi connectivity index (χ0n) is 14.7. The summed E-state index contributed by atoms with van der Waals surface area (Å²) in [6.45, 7) is 0.301. The summed E-state index contributed by atoms with van der Waals surface area (Å²) in [7, 11) is 3.91. The Hall–Kier alpha value is -1.59. The molecule has 0 amide bonds. The van der Waals surface area contributed by atoms with Crippen LogP contribution in [-0.2, 0) is 12.7 Å². The van der Waals surface area contributed by atoms with E-state index in [0.29, 0.717) is 18.2 Å². The van der Waals surface area contributed by atoms with Gasteiger partial charge in [-0.3, -0.25) is 4.90 Å². The van der Waals surface area contributed by atoms with Gasteiger partial charge in [0.2, 0.25) is 0 Å². The second-order valence-electron chi connectivity index (χ2n) is 6.90. The molecule has 0 heterocycles. The Morgan fingerprint density at radius 3 is 2.44 bits per heavy atom. The number of hydrogen-bond acceptors (Lipinski definition) is 2.